The van der Waals surface area contributed by atoms with Gasteiger partial charge in [0.25, 0.3) is 0 Å². The molecule has 1 rings (SSSR count). The minimum Gasteiger partial charge on any atom is -0.466 e. The SMILES string of the molecule is CCOC(=O)C(CC)c1cc(C(F)(F)F)ccc1N. The first-order chi connectivity index (χ1) is 8.81. The first kappa shape index (κ1) is 15.3. The zero-order chi connectivity index (χ0) is 14.6. The van der Waals surface area contributed by atoms with Crippen LogP contribution >= 0.6 is 0 Å². The molecule has 6 heteroatoms. The van der Waals surface area contributed by atoms with Crippen molar-refractivity contribution in [1.82, 2.24) is 0 Å². The number of carbonyl (C=O) groups excluding carboxylic acids is 1. The number of hydrogen-bond donors (Lipinski definition) is 1. The number of hydrogen-bond acceptors (Lipinski definition) is 3. The number of ether oxygens (including phenoxy) is 1. The van der Waals surface area contributed by atoms with Crippen molar-refractivity contribution in [2.24, 2.45) is 0 Å². The Morgan fingerprint density at radius 1 is 1.37 bits per heavy atom. The molecule has 0 aliphatic rings. The molecule has 0 aliphatic heterocycles. The molecule has 0 saturated carbocycles. The van der Waals surface area contributed by atoms with Gasteiger partial charge in [0.2, 0.25) is 0 Å². The van der Waals surface area contributed by atoms with E-state index in [-0.39, 0.29) is 17.9 Å². The summed E-state index contributed by atoms with van der Waals surface area (Å²) in [4.78, 5) is 11.7. The van der Waals surface area contributed by atoms with Gasteiger partial charge in [-0.05, 0) is 37.1 Å². The minimum absolute atomic E-state index is 0.160. The fourth-order valence-electron chi connectivity index (χ4n) is 1.81. The van der Waals surface area contributed by atoms with E-state index in [9.17, 15) is 18.0 Å². The predicted octanol–water partition coefficient (Wildman–Crippen LogP) is 3.34. The maximum atomic E-state index is 12.7. The molecule has 2 N–H and O–H groups in total. The molecule has 0 radical (unpaired) electrons. The van der Waals surface area contributed by atoms with Gasteiger partial charge in [-0.15, -0.1) is 0 Å². The summed E-state index contributed by atoms with van der Waals surface area (Å²) in [5.74, 6) is -1.33. The lowest BCUT2D eigenvalue weighted by Gasteiger charge is -2.18. The van der Waals surface area contributed by atoms with Gasteiger partial charge in [0.1, 0.15) is 0 Å². The molecule has 3 nitrogen and oxygen atoms in total. The number of esters is 1. The Morgan fingerprint density at radius 3 is 2.47 bits per heavy atom. The Labute approximate surface area is 109 Å². The molecule has 0 bridgehead atoms. The van der Waals surface area contributed by atoms with Gasteiger partial charge in [0.05, 0.1) is 18.1 Å². The van der Waals surface area contributed by atoms with Crippen LogP contribution < -0.4 is 5.73 Å². The van der Waals surface area contributed by atoms with E-state index in [1.54, 1.807) is 13.8 Å². The standard InChI is InChI=1S/C13H16F3NO2/c1-3-9(12(18)19-4-2)10-7-8(13(14,15)16)5-6-11(10)17/h5-7,9H,3-4,17H2,1-2H3. The fraction of sp³-hybridized carbons (Fsp3) is 0.462. The number of nitrogen functional groups attached to an aromatic ring is 1. The average Bonchev–Trinajstić information content (AvgIpc) is 2.31. The summed E-state index contributed by atoms with van der Waals surface area (Å²) >= 11 is 0. The van der Waals surface area contributed by atoms with Crippen LogP contribution in [-0.2, 0) is 15.7 Å². The average molecular weight is 275 g/mol. The summed E-state index contributed by atoms with van der Waals surface area (Å²) in [5, 5.41) is 0. The molecule has 1 aromatic carbocycles. The van der Waals surface area contributed by atoms with Crippen LogP contribution in [0.25, 0.3) is 0 Å². The summed E-state index contributed by atoms with van der Waals surface area (Å²) in [7, 11) is 0. The van der Waals surface area contributed by atoms with Crippen LogP contribution in [-0.4, -0.2) is 12.6 Å². The molecule has 1 unspecified atom stereocenters. The molecule has 106 valence electrons. The number of benzene rings is 1. The van der Waals surface area contributed by atoms with Gasteiger partial charge in [-0.3, -0.25) is 4.79 Å². The molecule has 0 spiro atoms. The summed E-state index contributed by atoms with van der Waals surface area (Å²) < 4.78 is 42.8. The highest BCUT2D eigenvalue weighted by atomic mass is 19.4. The summed E-state index contributed by atoms with van der Waals surface area (Å²) in [6, 6.07) is 2.98. The van der Waals surface area contributed by atoms with E-state index < -0.39 is 23.6 Å². The Hall–Kier alpha value is -1.72. The van der Waals surface area contributed by atoms with E-state index in [0.717, 1.165) is 12.1 Å². The highest BCUT2D eigenvalue weighted by Gasteiger charge is 2.32. The number of anilines is 1. The molecular weight excluding hydrogens is 259 g/mol. The molecule has 1 atom stereocenters. The summed E-state index contributed by atoms with van der Waals surface area (Å²) in [6.07, 6.45) is -4.14. The molecule has 0 saturated heterocycles. The molecular formula is C13H16F3NO2. The summed E-state index contributed by atoms with van der Waals surface area (Å²) in [6.45, 7) is 3.51. The lowest BCUT2D eigenvalue weighted by molar-refractivity contribution is -0.145. The quantitative estimate of drug-likeness (QED) is 0.677. The summed E-state index contributed by atoms with van der Waals surface area (Å²) in [5.41, 5.74) is 5.17. The topological polar surface area (TPSA) is 52.3 Å². The van der Waals surface area contributed by atoms with Gasteiger partial charge >= 0.3 is 12.1 Å². The Morgan fingerprint density at radius 2 is 2.00 bits per heavy atom. The van der Waals surface area contributed by atoms with Crippen molar-refractivity contribution in [3.8, 4) is 0 Å². The van der Waals surface area contributed by atoms with Crippen molar-refractivity contribution in [2.45, 2.75) is 32.4 Å². The smallest absolute Gasteiger partial charge is 0.416 e. The molecule has 0 aromatic heterocycles. The number of carbonyl (C=O) groups is 1. The number of nitrogens with two attached hydrogens (primary N) is 1. The van der Waals surface area contributed by atoms with Gasteiger partial charge < -0.3 is 10.5 Å². The van der Waals surface area contributed by atoms with Gasteiger partial charge in [0.15, 0.2) is 0 Å². The number of alkyl halides is 3. The Kier molecular flexibility index (Phi) is 4.80. The van der Waals surface area contributed by atoms with Crippen LogP contribution in [0.1, 0.15) is 37.3 Å². The van der Waals surface area contributed by atoms with Crippen molar-refractivity contribution < 1.29 is 22.7 Å². The molecule has 0 fully saturated rings. The normalized spacial score (nSPS) is 13.1. The van der Waals surface area contributed by atoms with Gasteiger partial charge in [-0.2, -0.15) is 13.2 Å². The second-order valence-electron chi connectivity index (χ2n) is 4.05. The first-order valence-corrected chi connectivity index (χ1v) is 5.94. The van der Waals surface area contributed by atoms with Crippen LogP contribution in [0, 0.1) is 0 Å². The van der Waals surface area contributed by atoms with E-state index >= 15 is 0 Å². The van der Waals surface area contributed by atoms with E-state index in [2.05, 4.69) is 0 Å². The molecule has 0 aliphatic carbocycles. The highest BCUT2D eigenvalue weighted by molar-refractivity contribution is 5.80. The van der Waals surface area contributed by atoms with E-state index in [1.165, 1.54) is 6.07 Å². The zero-order valence-electron chi connectivity index (χ0n) is 10.8. The maximum absolute atomic E-state index is 12.7. The fourth-order valence-corrected chi connectivity index (χ4v) is 1.81. The van der Waals surface area contributed by atoms with Gasteiger partial charge in [-0.25, -0.2) is 0 Å². The number of halogens is 3. The van der Waals surface area contributed by atoms with E-state index in [1.807, 2.05) is 0 Å². The van der Waals surface area contributed by atoms with Crippen molar-refractivity contribution in [3.63, 3.8) is 0 Å². The van der Waals surface area contributed by atoms with Crippen LogP contribution in [0.5, 0.6) is 0 Å². The third kappa shape index (κ3) is 3.62. The number of rotatable bonds is 4. The Bertz CT molecular complexity index is 458. The van der Waals surface area contributed by atoms with Crippen LogP contribution in [0.4, 0.5) is 18.9 Å². The highest BCUT2D eigenvalue weighted by Crippen LogP contribution is 2.34. The second kappa shape index (κ2) is 5.95. The largest absolute Gasteiger partial charge is 0.466 e. The van der Waals surface area contributed by atoms with Crippen molar-refractivity contribution in [1.29, 1.82) is 0 Å². The van der Waals surface area contributed by atoms with Crippen LogP contribution in [0.3, 0.4) is 0 Å². The van der Waals surface area contributed by atoms with Gasteiger partial charge in [-0.1, -0.05) is 6.92 Å². The third-order valence-corrected chi connectivity index (χ3v) is 2.77. The molecule has 19 heavy (non-hydrogen) atoms. The zero-order valence-corrected chi connectivity index (χ0v) is 10.8. The monoisotopic (exact) mass is 275 g/mol. The second-order valence-corrected chi connectivity index (χ2v) is 4.05. The van der Waals surface area contributed by atoms with Crippen molar-refractivity contribution in [2.75, 3.05) is 12.3 Å². The minimum atomic E-state index is -4.46. The molecule has 0 amide bonds. The predicted molar refractivity (Wildman–Crippen MR) is 65.5 cm³/mol. The van der Waals surface area contributed by atoms with Crippen LogP contribution in [0.15, 0.2) is 18.2 Å². The van der Waals surface area contributed by atoms with E-state index in [0.29, 0.717) is 6.42 Å². The third-order valence-electron chi connectivity index (χ3n) is 2.77. The molecule has 1 aromatic rings. The molecule has 0 heterocycles. The first-order valence-electron chi connectivity index (χ1n) is 5.94. The van der Waals surface area contributed by atoms with Crippen molar-refractivity contribution >= 4 is 11.7 Å². The van der Waals surface area contributed by atoms with Crippen LogP contribution in [0.2, 0.25) is 0 Å². The lowest BCUT2D eigenvalue weighted by Crippen LogP contribution is -2.18. The Balaban J connectivity index is 3.20. The lowest BCUT2D eigenvalue weighted by atomic mass is 9.93. The van der Waals surface area contributed by atoms with Crippen molar-refractivity contribution in [3.05, 3.63) is 29.3 Å². The van der Waals surface area contributed by atoms with E-state index in [4.69, 9.17) is 10.5 Å². The maximum Gasteiger partial charge on any atom is 0.416 e. The van der Waals surface area contributed by atoms with Gasteiger partial charge in [0, 0.05) is 5.69 Å².